The number of pyridine rings is 1. The van der Waals surface area contributed by atoms with Crippen molar-refractivity contribution in [3.8, 4) is 5.75 Å². The van der Waals surface area contributed by atoms with Crippen LogP contribution in [0.1, 0.15) is 53.6 Å². The van der Waals surface area contributed by atoms with Gasteiger partial charge in [-0.15, -0.1) is 0 Å². The number of carbonyl (C=O) groups excluding carboxylic acids is 3. The number of hydrogen-bond donors (Lipinski definition) is 3. The summed E-state index contributed by atoms with van der Waals surface area (Å²) in [6, 6.07) is 7.87. The number of rotatable bonds is 6. The van der Waals surface area contributed by atoms with E-state index in [1.165, 1.54) is 6.07 Å². The SMILES string of the molecule is CCNC(=O)COc1cccc(NC(=O)c2cc3c([nH]c2=O)CC(C)(C)CC3=O)c1. The number of ether oxygens (including phenoxy) is 1. The lowest BCUT2D eigenvalue weighted by molar-refractivity contribution is -0.122. The molecule has 1 aromatic carbocycles. The second kappa shape index (κ2) is 8.52. The van der Waals surface area contributed by atoms with Crippen molar-refractivity contribution in [2.45, 2.75) is 33.6 Å². The fourth-order valence-corrected chi connectivity index (χ4v) is 3.46. The lowest BCUT2D eigenvalue weighted by Gasteiger charge is -2.29. The molecule has 8 heteroatoms. The molecule has 0 spiro atoms. The standard InChI is InChI=1S/C22H25N3O5/c1-4-23-19(27)12-30-14-7-5-6-13(8-14)24-20(28)16-9-15-17(25-21(16)29)10-22(2,3)11-18(15)26/h5-9H,4,10-12H2,1-3H3,(H,23,27)(H,24,28)(H,25,29). The summed E-state index contributed by atoms with van der Waals surface area (Å²) < 4.78 is 5.40. The quantitative estimate of drug-likeness (QED) is 0.674. The number of benzene rings is 1. The number of anilines is 1. The molecule has 0 saturated heterocycles. The van der Waals surface area contributed by atoms with Crippen LogP contribution in [0.5, 0.6) is 5.75 Å². The smallest absolute Gasteiger partial charge is 0.261 e. The third-order valence-electron chi connectivity index (χ3n) is 4.80. The summed E-state index contributed by atoms with van der Waals surface area (Å²) in [5, 5.41) is 5.26. The Kier molecular flexibility index (Phi) is 6.05. The van der Waals surface area contributed by atoms with Gasteiger partial charge in [0.1, 0.15) is 11.3 Å². The van der Waals surface area contributed by atoms with E-state index in [0.717, 1.165) is 0 Å². The summed E-state index contributed by atoms with van der Waals surface area (Å²) in [6.45, 7) is 6.11. The Bertz CT molecular complexity index is 1050. The van der Waals surface area contributed by atoms with Crippen molar-refractivity contribution in [2.24, 2.45) is 5.41 Å². The van der Waals surface area contributed by atoms with E-state index in [9.17, 15) is 19.2 Å². The van der Waals surface area contributed by atoms with Gasteiger partial charge >= 0.3 is 0 Å². The highest BCUT2D eigenvalue weighted by atomic mass is 16.5. The molecule has 1 aromatic heterocycles. The number of aromatic amines is 1. The molecule has 0 fully saturated rings. The van der Waals surface area contributed by atoms with Gasteiger partial charge in [0.2, 0.25) is 0 Å². The van der Waals surface area contributed by atoms with Gasteiger partial charge in [0.05, 0.1) is 0 Å². The Labute approximate surface area is 174 Å². The summed E-state index contributed by atoms with van der Waals surface area (Å²) in [7, 11) is 0. The second-order valence-corrected chi connectivity index (χ2v) is 8.07. The molecule has 3 rings (SSSR count). The fraction of sp³-hybridized carbons (Fsp3) is 0.364. The van der Waals surface area contributed by atoms with Crippen molar-refractivity contribution in [2.75, 3.05) is 18.5 Å². The molecule has 158 valence electrons. The normalized spacial score (nSPS) is 14.6. The predicted molar refractivity (Wildman–Crippen MR) is 112 cm³/mol. The minimum absolute atomic E-state index is 0.0905. The van der Waals surface area contributed by atoms with Crippen LogP contribution >= 0.6 is 0 Å². The molecule has 0 bridgehead atoms. The van der Waals surface area contributed by atoms with Gasteiger partial charge in [-0.05, 0) is 37.0 Å². The average molecular weight is 411 g/mol. The minimum atomic E-state index is -0.627. The van der Waals surface area contributed by atoms with Gasteiger partial charge in [0.25, 0.3) is 17.4 Å². The van der Waals surface area contributed by atoms with Crippen LogP contribution in [-0.2, 0) is 11.2 Å². The molecule has 0 radical (unpaired) electrons. The van der Waals surface area contributed by atoms with E-state index >= 15 is 0 Å². The first-order valence-corrected chi connectivity index (χ1v) is 9.79. The molecular formula is C22H25N3O5. The van der Waals surface area contributed by atoms with Crippen LogP contribution < -0.4 is 20.9 Å². The molecule has 2 aromatic rings. The first-order chi connectivity index (χ1) is 14.2. The van der Waals surface area contributed by atoms with E-state index in [1.807, 2.05) is 20.8 Å². The number of aromatic nitrogens is 1. The van der Waals surface area contributed by atoms with Gasteiger partial charge < -0.3 is 20.4 Å². The van der Waals surface area contributed by atoms with Crippen molar-refractivity contribution < 1.29 is 19.1 Å². The largest absolute Gasteiger partial charge is 0.484 e. The number of likely N-dealkylation sites (N-methyl/N-ethyl adjacent to an activating group) is 1. The predicted octanol–water partition coefficient (Wildman–Crippen LogP) is 2.30. The maximum atomic E-state index is 12.7. The lowest BCUT2D eigenvalue weighted by atomic mass is 9.75. The number of amides is 2. The molecule has 3 N–H and O–H groups in total. The van der Waals surface area contributed by atoms with Crippen LogP contribution in [0.4, 0.5) is 5.69 Å². The van der Waals surface area contributed by atoms with Crippen molar-refractivity contribution in [3.05, 3.63) is 57.5 Å². The number of ketones is 1. The Morgan fingerprint density at radius 3 is 2.67 bits per heavy atom. The third-order valence-corrected chi connectivity index (χ3v) is 4.80. The summed E-state index contributed by atoms with van der Waals surface area (Å²) in [4.78, 5) is 51.8. The zero-order valence-electron chi connectivity index (χ0n) is 17.3. The molecule has 0 atom stereocenters. The van der Waals surface area contributed by atoms with Gasteiger partial charge in [-0.25, -0.2) is 0 Å². The van der Waals surface area contributed by atoms with E-state index in [2.05, 4.69) is 15.6 Å². The molecule has 1 aliphatic rings. The van der Waals surface area contributed by atoms with Crippen LogP contribution in [0, 0.1) is 5.41 Å². The third kappa shape index (κ3) is 4.94. The molecule has 0 saturated carbocycles. The van der Waals surface area contributed by atoms with Gasteiger partial charge in [0.15, 0.2) is 12.4 Å². The monoisotopic (exact) mass is 411 g/mol. The van der Waals surface area contributed by atoms with Gasteiger partial charge in [-0.2, -0.15) is 0 Å². The molecule has 0 aliphatic heterocycles. The zero-order chi connectivity index (χ0) is 21.9. The second-order valence-electron chi connectivity index (χ2n) is 8.07. The van der Waals surface area contributed by atoms with Crippen LogP contribution in [-0.4, -0.2) is 35.7 Å². The zero-order valence-corrected chi connectivity index (χ0v) is 17.3. The highest BCUT2D eigenvalue weighted by molar-refractivity contribution is 6.06. The Morgan fingerprint density at radius 1 is 1.17 bits per heavy atom. The molecular weight excluding hydrogens is 386 g/mol. The first kappa shape index (κ1) is 21.3. The summed E-state index contributed by atoms with van der Waals surface area (Å²) in [5.41, 5.74) is 0.455. The molecule has 30 heavy (non-hydrogen) atoms. The molecule has 8 nitrogen and oxygen atoms in total. The first-order valence-electron chi connectivity index (χ1n) is 9.79. The van der Waals surface area contributed by atoms with E-state index < -0.39 is 11.5 Å². The Hall–Kier alpha value is -3.42. The topological polar surface area (TPSA) is 117 Å². The van der Waals surface area contributed by atoms with Crippen LogP contribution in [0.15, 0.2) is 35.1 Å². The van der Waals surface area contributed by atoms with Crippen molar-refractivity contribution in [3.63, 3.8) is 0 Å². The minimum Gasteiger partial charge on any atom is -0.484 e. The highest BCUT2D eigenvalue weighted by Gasteiger charge is 2.32. The van der Waals surface area contributed by atoms with Crippen molar-refractivity contribution >= 4 is 23.3 Å². The average Bonchev–Trinajstić information content (AvgIpc) is 2.65. The van der Waals surface area contributed by atoms with Gasteiger partial charge in [0, 0.05) is 36.0 Å². The van der Waals surface area contributed by atoms with E-state index in [1.54, 1.807) is 24.3 Å². The number of carbonyl (C=O) groups is 3. The molecule has 1 heterocycles. The van der Waals surface area contributed by atoms with Gasteiger partial charge in [-0.1, -0.05) is 19.9 Å². The number of Topliss-reactive ketones (excluding diaryl/α,β-unsaturated/α-hetero) is 1. The van der Waals surface area contributed by atoms with E-state index in [0.29, 0.717) is 42.1 Å². The van der Waals surface area contributed by atoms with Crippen LogP contribution in [0.3, 0.4) is 0 Å². The van der Waals surface area contributed by atoms with Crippen LogP contribution in [0.25, 0.3) is 0 Å². The maximum absolute atomic E-state index is 12.7. The Balaban J connectivity index is 1.76. The summed E-state index contributed by atoms with van der Waals surface area (Å²) >= 11 is 0. The maximum Gasteiger partial charge on any atom is 0.261 e. The van der Waals surface area contributed by atoms with E-state index in [-0.39, 0.29) is 29.3 Å². The number of hydrogen-bond acceptors (Lipinski definition) is 5. The summed E-state index contributed by atoms with van der Waals surface area (Å²) in [5.74, 6) is -0.568. The Morgan fingerprint density at radius 2 is 1.93 bits per heavy atom. The van der Waals surface area contributed by atoms with Crippen molar-refractivity contribution in [1.29, 1.82) is 0 Å². The van der Waals surface area contributed by atoms with Gasteiger partial charge in [-0.3, -0.25) is 19.2 Å². The van der Waals surface area contributed by atoms with E-state index in [4.69, 9.17) is 4.74 Å². The summed E-state index contributed by atoms with van der Waals surface area (Å²) in [6.07, 6.45) is 0.925. The molecule has 1 aliphatic carbocycles. The number of H-pyrrole nitrogens is 1. The molecule has 2 amide bonds. The number of nitrogens with one attached hydrogen (secondary N) is 3. The fourth-order valence-electron chi connectivity index (χ4n) is 3.46. The number of fused-ring (bicyclic) bond motifs is 1. The highest BCUT2D eigenvalue weighted by Crippen LogP contribution is 2.33. The van der Waals surface area contributed by atoms with Crippen LogP contribution in [0.2, 0.25) is 0 Å². The van der Waals surface area contributed by atoms with Crippen molar-refractivity contribution in [1.82, 2.24) is 10.3 Å². The molecule has 0 unspecified atom stereocenters. The lowest BCUT2D eigenvalue weighted by Crippen LogP contribution is -2.32.